The number of carboxylic acids is 1. The van der Waals surface area contributed by atoms with Crippen molar-refractivity contribution in [3.8, 4) is 11.1 Å². The van der Waals surface area contributed by atoms with Crippen molar-refractivity contribution in [3.63, 3.8) is 0 Å². The number of pyridine rings is 1. The molecule has 7 nitrogen and oxygen atoms in total. The zero-order chi connectivity index (χ0) is 28.5. The fourth-order valence-corrected chi connectivity index (χ4v) is 4.79. The van der Waals surface area contributed by atoms with Crippen molar-refractivity contribution in [1.29, 1.82) is 0 Å². The van der Waals surface area contributed by atoms with Crippen molar-refractivity contribution >= 4 is 28.2 Å². The van der Waals surface area contributed by atoms with E-state index in [9.17, 15) is 18.4 Å². The summed E-state index contributed by atoms with van der Waals surface area (Å²) in [6.07, 6.45) is 2.08. The van der Waals surface area contributed by atoms with Crippen LogP contribution in [0.5, 0.6) is 0 Å². The quantitative estimate of drug-likeness (QED) is 0.253. The Morgan fingerprint density at radius 1 is 0.780 bits per heavy atom. The van der Waals surface area contributed by atoms with Gasteiger partial charge < -0.3 is 10.4 Å². The summed E-state index contributed by atoms with van der Waals surface area (Å²) in [5.41, 5.74) is 4.48. The molecule has 0 saturated heterocycles. The van der Waals surface area contributed by atoms with E-state index in [1.54, 1.807) is 42.6 Å². The number of halogens is 2. The van der Waals surface area contributed by atoms with Gasteiger partial charge in [0.15, 0.2) is 0 Å². The highest BCUT2D eigenvalue weighted by Gasteiger charge is 2.19. The second-order valence-corrected chi connectivity index (χ2v) is 9.67. The van der Waals surface area contributed by atoms with E-state index in [4.69, 9.17) is 5.11 Å². The molecule has 0 radical (unpaired) electrons. The summed E-state index contributed by atoms with van der Waals surface area (Å²) in [6.45, 7) is 0.165. The molecular formula is C32H22F2N4O3. The molecule has 4 aromatic carbocycles. The summed E-state index contributed by atoms with van der Waals surface area (Å²) >= 11 is 0. The average Bonchev–Trinajstić information content (AvgIpc) is 3.38. The van der Waals surface area contributed by atoms with Gasteiger partial charge in [-0.05, 0) is 69.9 Å². The zero-order valence-electron chi connectivity index (χ0n) is 21.5. The molecule has 202 valence electrons. The van der Waals surface area contributed by atoms with Crippen LogP contribution in [0.25, 0.3) is 27.4 Å². The molecule has 9 heteroatoms. The van der Waals surface area contributed by atoms with Crippen molar-refractivity contribution in [3.05, 3.63) is 137 Å². The summed E-state index contributed by atoms with van der Waals surface area (Å²) in [4.78, 5) is 24.7. The maximum atomic E-state index is 13.8. The minimum atomic E-state index is -1.03. The van der Waals surface area contributed by atoms with Crippen LogP contribution in [-0.4, -0.2) is 31.8 Å². The highest BCUT2D eigenvalue weighted by molar-refractivity contribution is 6.02. The summed E-state index contributed by atoms with van der Waals surface area (Å²) in [6, 6.07) is 24.2. The number of nitrogens with one attached hydrogen (secondary N) is 1. The number of carbonyl (C=O) groups is 2. The Bertz CT molecular complexity index is 1930. The maximum Gasteiger partial charge on any atom is 0.335 e. The molecule has 0 aliphatic rings. The normalized spacial score (nSPS) is 11.2. The average molecular weight is 549 g/mol. The van der Waals surface area contributed by atoms with Crippen LogP contribution in [0.15, 0.2) is 97.2 Å². The third kappa shape index (κ3) is 5.38. The van der Waals surface area contributed by atoms with Gasteiger partial charge in [0, 0.05) is 24.7 Å². The SMILES string of the molecule is O=C(O)c1ccc(CNC(=O)c2cc(-c3ccc(F)cc3)cn3nnc(Cc4ccc5ccc(F)cc5c4)c23)cc1. The second-order valence-electron chi connectivity index (χ2n) is 9.67. The number of nitrogens with zero attached hydrogens (tertiary/aromatic N) is 3. The molecular weight excluding hydrogens is 526 g/mol. The number of aromatic carboxylic acids is 1. The molecule has 0 bridgehead atoms. The zero-order valence-corrected chi connectivity index (χ0v) is 21.5. The van der Waals surface area contributed by atoms with Crippen molar-refractivity contribution in [2.75, 3.05) is 0 Å². The molecule has 0 saturated carbocycles. The maximum absolute atomic E-state index is 13.8. The molecule has 2 N–H and O–H groups in total. The Morgan fingerprint density at radius 3 is 2.24 bits per heavy atom. The Kier molecular flexibility index (Phi) is 6.68. The van der Waals surface area contributed by atoms with E-state index in [2.05, 4.69) is 15.6 Å². The van der Waals surface area contributed by atoms with Crippen LogP contribution in [0.4, 0.5) is 8.78 Å². The van der Waals surface area contributed by atoms with Crippen LogP contribution in [0.3, 0.4) is 0 Å². The number of rotatable bonds is 7. The number of fused-ring (bicyclic) bond motifs is 2. The van der Waals surface area contributed by atoms with Crippen LogP contribution in [0.2, 0.25) is 0 Å². The van der Waals surface area contributed by atoms with Crippen LogP contribution in [-0.2, 0) is 13.0 Å². The first kappa shape index (κ1) is 25.8. The van der Waals surface area contributed by atoms with Gasteiger partial charge in [-0.1, -0.05) is 53.7 Å². The van der Waals surface area contributed by atoms with Gasteiger partial charge in [0.1, 0.15) is 17.2 Å². The lowest BCUT2D eigenvalue weighted by Gasteiger charge is -2.11. The van der Waals surface area contributed by atoms with E-state index in [-0.39, 0.29) is 29.6 Å². The molecule has 41 heavy (non-hydrogen) atoms. The van der Waals surface area contributed by atoms with Crippen LogP contribution < -0.4 is 5.32 Å². The van der Waals surface area contributed by atoms with Crippen molar-refractivity contribution in [1.82, 2.24) is 20.1 Å². The third-order valence-corrected chi connectivity index (χ3v) is 6.89. The number of aromatic nitrogens is 3. The van der Waals surface area contributed by atoms with E-state index in [1.165, 1.54) is 40.9 Å². The molecule has 0 aliphatic carbocycles. The first-order valence-electron chi connectivity index (χ1n) is 12.8. The van der Waals surface area contributed by atoms with E-state index in [0.29, 0.717) is 34.3 Å². The Hall–Kier alpha value is -5.44. The molecule has 0 fully saturated rings. The van der Waals surface area contributed by atoms with Crippen molar-refractivity contribution in [2.24, 2.45) is 0 Å². The number of hydrogen-bond acceptors (Lipinski definition) is 4. The Labute approximate surface area is 232 Å². The van der Waals surface area contributed by atoms with Crippen molar-refractivity contribution < 1.29 is 23.5 Å². The molecule has 0 aliphatic heterocycles. The van der Waals surface area contributed by atoms with Gasteiger partial charge in [-0.25, -0.2) is 18.1 Å². The van der Waals surface area contributed by atoms with E-state index >= 15 is 0 Å². The fraction of sp³-hybridized carbons (Fsp3) is 0.0625. The van der Waals surface area contributed by atoms with Gasteiger partial charge >= 0.3 is 5.97 Å². The summed E-state index contributed by atoms with van der Waals surface area (Å²) in [7, 11) is 0. The lowest BCUT2D eigenvalue weighted by atomic mass is 10.0. The molecule has 0 spiro atoms. The fourth-order valence-electron chi connectivity index (χ4n) is 4.79. The van der Waals surface area contributed by atoms with Crippen molar-refractivity contribution in [2.45, 2.75) is 13.0 Å². The van der Waals surface area contributed by atoms with Gasteiger partial charge in [0.25, 0.3) is 5.91 Å². The molecule has 0 unspecified atom stereocenters. The number of benzene rings is 4. The van der Waals surface area contributed by atoms with Crippen LogP contribution >= 0.6 is 0 Å². The largest absolute Gasteiger partial charge is 0.478 e. The molecule has 1 amide bonds. The second kappa shape index (κ2) is 10.6. The van der Waals surface area contributed by atoms with Crippen LogP contribution in [0.1, 0.15) is 37.5 Å². The van der Waals surface area contributed by atoms with E-state index < -0.39 is 5.97 Å². The molecule has 2 aromatic heterocycles. The Balaban J connectivity index is 1.37. The van der Waals surface area contributed by atoms with Gasteiger partial charge in [-0.3, -0.25) is 4.79 Å². The highest BCUT2D eigenvalue weighted by Crippen LogP contribution is 2.27. The molecule has 2 heterocycles. The predicted octanol–water partition coefficient (Wildman–Crippen LogP) is 6.05. The minimum absolute atomic E-state index is 0.153. The van der Waals surface area contributed by atoms with Crippen LogP contribution in [0, 0.1) is 11.6 Å². The summed E-state index contributed by atoms with van der Waals surface area (Å²) < 4.78 is 28.9. The Morgan fingerprint density at radius 2 is 1.49 bits per heavy atom. The number of carbonyl (C=O) groups excluding carboxylic acids is 1. The highest BCUT2D eigenvalue weighted by atomic mass is 19.1. The lowest BCUT2D eigenvalue weighted by Crippen LogP contribution is -2.24. The number of carboxylic acid groups (broad SMARTS) is 1. The smallest absolute Gasteiger partial charge is 0.335 e. The first-order valence-corrected chi connectivity index (χ1v) is 12.8. The predicted molar refractivity (Wildman–Crippen MR) is 150 cm³/mol. The molecule has 6 aromatic rings. The monoisotopic (exact) mass is 548 g/mol. The summed E-state index contributed by atoms with van der Waals surface area (Å²) in [5.74, 6) is -2.11. The van der Waals surface area contributed by atoms with Gasteiger partial charge in [0.05, 0.1) is 16.8 Å². The number of amides is 1. The molecule has 6 rings (SSSR count). The van der Waals surface area contributed by atoms with Gasteiger partial charge in [0.2, 0.25) is 0 Å². The first-order chi connectivity index (χ1) is 19.8. The van der Waals surface area contributed by atoms with E-state index in [0.717, 1.165) is 21.9 Å². The van der Waals surface area contributed by atoms with E-state index in [1.807, 2.05) is 18.2 Å². The third-order valence-electron chi connectivity index (χ3n) is 6.89. The minimum Gasteiger partial charge on any atom is -0.478 e. The van der Waals surface area contributed by atoms with Gasteiger partial charge in [-0.15, -0.1) is 5.10 Å². The number of hydrogen-bond donors (Lipinski definition) is 2. The summed E-state index contributed by atoms with van der Waals surface area (Å²) in [5, 5.41) is 22.3. The topological polar surface area (TPSA) is 96.6 Å². The van der Waals surface area contributed by atoms with Gasteiger partial charge in [-0.2, -0.15) is 0 Å². The molecule has 0 atom stereocenters. The standard InChI is InChI=1S/C32H22F2N4O3/c33-26-10-7-22(8-11-26)25-16-28(31(39)35-17-19-1-5-23(6-2-19)32(40)41)30-29(36-37-38(30)18-25)14-20-3-4-21-9-12-27(34)15-24(21)13-20/h1-13,15-16,18H,14,17H2,(H,35,39)(H,40,41). The lowest BCUT2D eigenvalue weighted by molar-refractivity contribution is 0.0696.